The minimum absolute atomic E-state index is 0.231. The summed E-state index contributed by atoms with van der Waals surface area (Å²) in [6, 6.07) is 16.8. The number of rotatable bonds is 8. The van der Waals surface area contributed by atoms with E-state index in [9.17, 15) is 14.7 Å². The first kappa shape index (κ1) is 18.7. The molecule has 5 heteroatoms. The van der Waals surface area contributed by atoms with Crippen LogP contribution in [0.1, 0.15) is 36.8 Å². The molecule has 0 radical (unpaired) electrons. The first-order valence-corrected chi connectivity index (χ1v) is 9.16. The monoisotopic (exact) mass is 364 g/mol. The number of fused-ring (bicyclic) bond motifs is 1. The normalized spacial score (nSPS) is 13.2. The molecule has 3 aromatic rings. The molecule has 5 nitrogen and oxygen atoms in total. The lowest BCUT2D eigenvalue weighted by Crippen LogP contribution is -2.42. The molecule has 2 unspecified atom stereocenters. The van der Waals surface area contributed by atoms with Crippen LogP contribution in [-0.4, -0.2) is 28.0 Å². The highest BCUT2D eigenvalue weighted by Crippen LogP contribution is 2.21. The van der Waals surface area contributed by atoms with E-state index in [-0.39, 0.29) is 18.2 Å². The molecule has 1 amide bonds. The topological polar surface area (TPSA) is 82.2 Å². The lowest BCUT2D eigenvalue weighted by molar-refractivity contribution is -0.141. The van der Waals surface area contributed by atoms with Crippen LogP contribution in [-0.2, 0) is 16.0 Å². The molecule has 1 aromatic heterocycles. The van der Waals surface area contributed by atoms with Crippen molar-refractivity contribution in [3.8, 4) is 0 Å². The van der Waals surface area contributed by atoms with Crippen LogP contribution in [0.3, 0.4) is 0 Å². The van der Waals surface area contributed by atoms with Gasteiger partial charge in [0.05, 0.1) is 0 Å². The molecule has 2 atom stereocenters. The molecular formula is C22H24N2O3. The maximum Gasteiger partial charge on any atom is 0.326 e. The number of carboxylic acids is 1. The summed E-state index contributed by atoms with van der Waals surface area (Å²) in [5, 5.41) is 13.2. The van der Waals surface area contributed by atoms with Gasteiger partial charge in [-0.2, -0.15) is 0 Å². The summed E-state index contributed by atoms with van der Waals surface area (Å²) in [4.78, 5) is 27.1. The van der Waals surface area contributed by atoms with Gasteiger partial charge in [-0.1, -0.05) is 55.5 Å². The second-order valence-corrected chi connectivity index (χ2v) is 6.87. The SMILES string of the molecule is CC(CCC(=O)NC(Cc1c[nH]c2ccccc12)C(=O)O)c1ccccc1. The number of para-hydroxylation sites is 1. The van der Waals surface area contributed by atoms with Crippen LogP contribution in [0.25, 0.3) is 10.9 Å². The van der Waals surface area contributed by atoms with E-state index in [1.54, 1.807) is 0 Å². The van der Waals surface area contributed by atoms with Crippen LogP contribution in [0.15, 0.2) is 60.8 Å². The van der Waals surface area contributed by atoms with E-state index >= 15 is 0 Å². The number of hydrogen-bond acceptors (Lipinski definition) is 2. The van der Waals surface area contributed by atoms with Gasteiger partial charge in [0.1, 0.15) is 6.04 Å². The summed E-state index contributed by atoms with van der Waals surface area (Å²) in [7, 11) is 0. The average molecular weight is 364 g/mol. The number of benzene rings is 2. The number of nitrogens with one attached hydrogen (secondary N) is 2. The van der Waals surface area contributed by atoms with Crippen molar-refractivity contribution in [1.29, 1.82) is 0 Å². The fourth-order valence-corrected chi connectivity index (χ4v) is 3.28. The Morgan fingerprint density at radius 2 is 1.78 bits per heavy atom. The molecule has 140 valence electrons. The van der Waals surface area contributed by atoms with Gasteiger partial charge in [-0.05, 0) is 29.5 Å². The van der Waals surface area contributed by atoms with Crippen molar-refractivity contribution in [2.75, 3.05) is 0 Å². The van der Waals surface area contributed by atoms with Crippen molar-refractivity contribution in [3.05, 3.63) is 71.9 Å². The van der Waals surface area contributed by atoms with Gasteiger partial charge in [0.25, 0.3) is 0 Å². The number of carbonyl (C=O) groups excluding carboxylic acids is 1. The highest BCUT2D eigenvalue weighted by Gasteiger charge is 2.22. The smallest absolute Gasteiger partial charge is 0.326 e. The summed E-state index contributed by atoms with van der Waals surface area (Å²) < 4.78 is 0. The molecule has 0 saturated heterocycles. The fraction of sp³-hybridized carbons (Fsp3) is 0.273. The first-order chi connectivity index (χ1) is 13.0. The predicted molar refractivity (Wildman–Crippen MR) is 106 cm³/mol. The summed E-state index contributed by atoms with van der Waals surface area (Å²) in [6.45, 7) is 2.07. The number of amides is 1. The van der Waals surface area contributed by atoms with Gasteiger partial charge in [0, 0.05) is 29.9 Å². The largest absolute Gasteiger partial charge is 0.480 e. The molecule has 0 aliphatic rings. The van der Waals surface area contributed by atoms with Crippen LogP contribution < -0.4 is 5.32 Å². The zero-order valence-electron chi connectivity index (χ0n) is 15.3. The second-order valence-electron chi connectivity index (χ2n) is 6.87. The first-order valence-electron chi connectivity index (χ1n) is 9.16. The van der Waals surface area contributed by atoms with Crippen LogP contribution in [0.4, 0.5) is 0 Å². The van der Waals surface area contributed by atoms with Crippen molar-refractivity contribution < 1.29 is 14.7 Å². The standard InChI is InChI=1S/C22H24N2O3/c1-15(16-7-3-2-4-8-16)11-12-21(25)24-20(22(26)27)13-17-14-23-19-10-6-5-9-18(17)19/h2-10,14-15,20,23H,11-13H2,1H3,(H,24,25)(H,26,27). The summed E-state index contributed by atoms with van der Waals surface area (Å²) in [5.41, 5.74) is 3.02. The summed E-state index contributed by atoms with van der Waals surface area (Å²) in [6.07, 6.45) is 3.03. The fourth-order valence-electron chi connectivity index (χ4n) is 3.28. The molecule has 0 aliphatic heterocycles. The highest BCUT2D eigenvalue weighted by molar-refractivity contribution is 5.86. The van der Waals surface area contributed by atoms with Crippen molar-refractivity contribution in [1.82, 2.24) is 10.3 Å². The third kappa shape index (κ3) is 4.76. The van der Waals surface area contributed by atoms with E-state index in [0.29, 0.717) is 12.8 Å². The predicted octanol–water partition coefficient (Wildman–Crippen LogP) is 3.86. The molecule has 0 fully saturated rings. The lowest BCUT2D eigenvalue weighted by atomic mass is 9.96. The van der Waals surface area contributed by atoms with E-state index < -0.39 is 12.0 Å². The van der Waals surface area contributed by atoms with Gasteiger partial charge in [-0.15, -0.1) is 0 Å². The van der Waals surface area contributed by atoms with E-state index in [4.69, 9.17) is 0 Å². The van der Waals surface area contributed by atoms with Gasteiger partial charge in [0.2, 0.25) is 5.91 Å². The molecule has 2 aromatic carbocycles. The van der Waals surface area contributed by atoms with Gasteiger partial charge in [0.15, 0.2) is 0 Å². The number of hydrogen-bond donors (Lipinski definition) is 3. The van der Waals surface area contributed by atoms with E-state index in [2.05, 4.69) is 17.2 Å². The maximum absolute atomic E-state index is 12.3. The number of carbonyl (C=O) groups is 2. The number of aromatic amines is 1. The van der Waals surface area contributed by atoms with Crippen LogP contribution >= 0.6 is 0 Å². The van der Waals surface area contributed by atoms with Crippen molar-refractivity contribution in [3.63, 3.8) is 0 Å². The lowest BCUT2D eigenvalue weighted by Gasteiger charge is -2.16. The zero-order valence-corrected chi connectivity index (χ0v) is 15.3. The molecule has 1 heterocycles. The highest BCUT2D eigenvalue weighted by atomic mass is 16.4. The summed E-state index contributed by atoms with van der Waals surface area (Å²) >= 11 is 0. The van der Waals surface area contributed by atoms with Gasteiger partial charge in [-0.25, -0.2) is 4.79 Å². The van der Waals surface area contributed by atoms with Gasteiger partial charge < -0.3 is 15.4 Å². The number of aromatic nitrogens is 1. The Bertz CT molecular complexity index is 917. The van der Waals surface area contributed by atoms with Crippen LogP contribution in [0.5, 0.6) is 0 Å². The third-order valence-corrected chi connectivity index (χ3v) is 4.91. The number of aliphatic carboxylic acids is 1. The Labute approximate surface area is 158 Å². The second kappa shape index (κ2) is 8.54. The maximum atomic E-state index is 12.3. The summed E-state index contributed by atoms with van der Waals surface area (Å²) in [5.74, 6) is -1.01. The van der Waals surface area contributed by atoms with Gasteiger partial charge >= 0.3 is 5.97 Å². The Kier molecular flexibility index (Phi) is 5.91. The molecule has 0 saturated carbocycles. The molecule has 3 N–H and O–H groups in total. The molecule has 0 aliphatic carbocycles. The van der Waals surface area contributed by atoms with Crippen molar-refractivity contribution in [2.24, 2.45) is 0 Å². The molecule has 0 spiro atoms. The van der Waals surface area contributed by atoms with Crippen LogP contribution in [0, 0.1) is 0 Å². The van der Waals surface area contributed by atoms with Crippen molar-refractivity contribution in [2.45, 2.75) is 38.1 Å². The number of carboxylic acid groups (broad SMARTS) is 1. The Balaban J connectivity index is 1.59. The molecular weight excluding hydrogens is 340 g/mol. The van der Waals surface area contributed by atoms with E-state index in [1.165, 1.54) is 5.56 Å². The third-order valence-electron chi connectivity index (χ3n) is 4.91. The van der Waals surface area contributed by atoms with E-state index in [0.717, 1.165) is 16.5 Å². The molecule has 0 bridgehead atoms. The van der Waals surface area contributed by atoms with Crippen LogP contribution in [0.2, 0.25) is 0 Å². The van der Waals surface area contributed by atoms with Crippen molar-refractivity contribution >= 4 is 22.8 Å². The van der Waals surface area contributed by atoms with E-state index in [1.807, 2.05) is 60.8 Å². The molecule has 27 heavy (non-hydrogen) atoms. The molecule has 3 rings (SSSR count). The average Bonchev–Trinajstić information content (AvgIpc) is 3.09. The Morgan fingerprint density at radius 1 is 1.07 bits per heavy atom. The Hall–Kier alpha value is -3.08. The number of H-pyrrole nitrogens is 1. The minimum Gasteiger partial charge on any atom is -0.480 e. The van der Waals surface area contributed by atoms with Gasteiger partial charge in [-0.3, -0.25) is 4.79 Å². The zero-order chi connectivity index (χ0) is 19.2. The quantitative estimate of drug-likeness (QED) is 0.567. The minimum atomic E-state index is -1.02. The Morgan fingerprint density at radius 3 is 2.52 bits per heavy atom.